The first-order valence-electron chi connectivity index (χ1n) is 10.7. The minimum absolute atomic E-state index is 0. The van der Waals surface area contributed by atoms with Gasteiger partial charge in [0.1, 0.15) is 5.60 Å². The molecule has 1 N–H and O–H groups in total. The van der Waals surface area contributed by atoms with Gasteiger partial charge in [-0.2, -0.15) is 5.10 Å². The van der Waals surface area contributed by atoms with Crippen molar-refractivity contribution in [1.82, 2.24) is 20.0 Å². The van der Waals surface area contributed by atoms with Gasteiger partial charge in [0.25, 0.3) is 0 Å². The van der Waals surface area contributed by atoms with Crippen molar-refractivity contribution in [2.75, 3.05) is 20.6 Å². The molecule has 0 aliphatic carbocycles. The summed E-state index contributed by atoms with van der Waals surface area (Å²) in [6, 6.07) is 0. The zero-order valence-corrected chi connectivity index (χ0v) is 22.4. The Hall–Kier alpha value is -1.32. The van der Waals surface area contributed by atoms with Crippen LogP contribution in [0.2, 0.25) is 0 Å². The molecule has 0 amide bonds. The molecule has 1 aromatic rings. The average molecular weight is 536 g/mol. The Morgan fingerprint density at radius 1 is 1.27 bits per heavy atom. The Bertz CT molecular complexity index is 665. The highest BCUT2D eigenvalue weighted by molar-refractivity contribution is 14.0. The molecule has 0 fully saturated rings. The lowest BCUT2D eigenvalue weighted by Gasteiger charge is -2.22. The van der Waals surface area contributed by atoms with Crippen molar-refractivity contribution in [3.05, 3.63) is 17.5 Å². The normalized spacial score (nSPS) is 12.0. The standard InChI is InChI=1S/C22H41N5O2.HI/c1-17(2)20-18(16-27(8)25-20)15-26(7)21(23-6)24-14-12-10-9-11-13-19(28)29-22(3,4)5;/h16-17H,9-15H2,1-8H3,(H,23,24);1H. The number of esters is 1. The van der Waals surface area contributed by atoms with E-state index in [1.807, 2.05) is 46.6 Å². The molecule has 30 heavy (non-hydrogen) atoms. The second kappa shape index (κ2) is 13.9. The monoisotopic (exact) mass is 535 g/mol. The molecule has 0 saturated heterocycles. The van der Waals surface area contributed by atoms with Crippen LogP contribution in [0.4, 0.5) is 0 Å². The molecule has 0 unspecified atom stereocenters. The summed E-state index contributed by atoms with van der Waals surface area (Å²) in [5, 5.41) is 8.01. The van der Waals surface area contributed by atoms with E-state index in [0.29, 0.717) is 12.3 Å². The fraction of sp³-hybridized carbons (Fsp3) is 0.773. The van der Waals surface area contributed by atoms with Gasteiger partial charge in [0.05, 0.1) is 5.69 Å². The fourth-order valence-electron chi connectivity index (χ4n) is 3.22. The summed E-state index contributed by atoms with van der Waals surface area (Å²) in [5.41, 5.74) is 1.98. The summed E-state index contributed by atoms with van der Waals surface area (Å²) in [5.74, 6) is 1.18. The van der Waals surface area contributed by atoms with Gasteiger partial charge >= 0.3 is 5.97 Å². The van der Waals surface area contributed by atoms with Crippen molar-refractivity contribution in [2.24, 2.45) is 12.0 Å². The van der Waals surface area contributed by atoms with E-state index in [-0.39, 0.29) is 29.9 Å². The van der Waals surface area contributed by atoms with Gasteiger partial charge in [0.15, 0.2) is 5.96 Å². The van der Waals surface area contributed by atoms with E-state index in [1.165, 1.54) is 5.56 Å². The topological polar surface area (TPSA) is 71.8 Å². The van der Waals surface area contributed by atoms with Crippen LogP contribution in [0, 0.1) is 0 Å². The van der Waals surface area contributed by atoms with E-state index >= 15 is 0 Å². The highest BCUT2D eigenvalue weighted by atomic mass is 127. The number of nitrogens with zero attached hydrogens (tertiary/aromatic N) is 4. The van der Waals surface area contributed by atoms with Crippen LogP contribution < -0.4 is 5.32 Å². The molecule has 0 bridgehead atoms. The molecule has 0 aliphatic heterocycles. The Kier molecular flexibility index (Phi) is 13.3. The lowest BCUT2D eigenvalue weighted by molar-refractivity contribution is -0.154. The minimum Gasteiger partial charge on any atom is -0.460 e. The summed E-state index contributed by atoms with van der Waals surface area (Å²) in [6.07, 6.45) is 6.62. The number of halogens is 1. The molecule has 0 atom stereocenters. The number of guanidine groups is 1. The number of carbonyl (C=O) groups excluding carboxylic acids is 1. The highest BCUT2D eigenvalue weighted by Gasteiger charge is 2.16. The van der Waals surface area contributed by atoms with Crippen LogP contribution in [-0.4, -0.2) is 52.9 Å². The van der Waals surface area contributed by atoms with Gasteiger partial charge in [0.2, 0.25) is 0 Å². The second-order valence-electron chi connectivity index (χ2n) is 8.95. The molecule has 0 spiro atoms. The van der Waals surface area contributed by atoms with Gasteiger partial charge in [-0.1, -0.05) is 26.7 Å². The first-order valence-corrected chi connectivity index (χ1v) is 10.7. The van der Waals surface area contributed by atoms with E-state index in [1.54, 1.807) is 0 Å². The van der Waals surface area contributed by atoms with E-state index < -0.39 is 5.60 Å². The van der Waals surface area contributed by atoms with Gasteiger partial charge in [0, 0.05) is 52.4 Å². The zero-order valence-electron chi connectivity index (χ0n) is 20.1. The second-order valence-corrected chi connectivity index (χ2v) is 8.95. The van der Waals surface area contributed by atoms with E-state index in [4.69, 9.17) is 4.74 Å². The molecule has 174 valence electrons. The number of aromatic nitrogens is 2. The largest absolute Gasteiger partial charge is 0.460 e. The molecule has 0 aromatic carbocycles. The summed E-state index contributed by atoms with van der Waals surface area (Å²) in [7, 11) is 5.82. The molecule has 1 rings (SSSR count). The number of unbranched alkanes of at least 4 members (excludes halogenated alkanes) is 3. The number of aryl methyl sites for hydroxylation is 1. The van der Waals surface area contributed by atoms with Crippen LogP contribution >= 0.6 is 24.0 Å². The van der Waals surface area contributed by atoms with E-state index in [9.17, 15) is 4.79 Å². The van der Waals surface area contributed by atoms with E-state index in [2.05, 4.69) is 40.4 Å². The number of nitrogens with one attached hydrogen (secondary N) is 1. The molecule has 0 aliphatic rings. The Morgan fingerprint density at radius 2 is 1.90 bits per heavy atom. The Morgan fingerprint density at radius 3 is 2.47 bits per heavy atom. The maximum atomic E-state index is 11.7. The van der Waals surface area contributed by atoms with Gasteiger partial charge < -0.3 is 15.0 Å². The van der Waals surface area contributed by atoms with Crippen LogP contribution in [0.3, 0.4) is 0 Å². The summed E-state index contributed by atoms with van der Waals surface area (Å²) < 4.78 is 7.21. The van der Waals surface area contributed by atoms with Gasteiger partial charge in [-0.3, -0.25) is 14.5 Å². The maximum absolute atomic E-state index is 11.7. The molecule has 8 heteroatoms. The average Bonchev–Trinajstić information content (AvgIpc) is 2.96. The number of rotatable bonds is 10. The Labute approximate surface area is 200 Å². The van der Waals surface area contributed by atoms with Crippen LogP contribution in [0.15, 0.2) is 11.2 Å². The summed E-state index contributed by atoms with van der Waals surface area (Å²) in [4.78, 5) is 18.2. The predicted molar refractivity (Wildman–Crippen MR) is 134 cm³/mol. The van der Waals surface area contributed by atoms with Crippen molar-refractivity contribution >= 4 is 35.9 Å². The predicted octanol–water partition coefficient (Wildman–Crippen LogP) is 4.46. The molecule has 1 heterocycles. The quantitative estimate of drug-likeness (QED) is 0.158. The van der Waals surface area contributed by atoms with Crippen molar-refractivity contribution in [1.29, 1.82) is 0 Å². The maximum Gasteiger partial charge on any atom is 0.306 e. The van der Waals surface area contributed by atoms with Crippen LogP contribution in [0.5, 0.6) is 0 Å². The zero-order chi connectivity index (χ0) is 22.0. The number of carbonyl (C=O) groups is 1. The Balaban J connectivity index is 0.00000841. The van der Waals surface area contributed by atoms with Crippen molar-refractivity contribution in [2.45, 2.75) is 84.8 Å². The smallest absolute Gasteiger partial charge is 0.306 e. The number of hydrogen-bond acceptors (Lipinski definition) is 4. The van der Waals surface area contributed by atoms with Crippen LogP contribution in [-0.2, 0) is 23.1 Å². The number of aliphatic imine (C=N–C) groups is 1. The minimum atomic E-state index is -0.394. The molecule has 7 nitrogen and oxygen atoms in total. The van der Waals surface area contributed by atoms with Crippen molar-refractivity contribution in [3.63, 3.8) is 0 Å². The van der Waals surface area contributed by atoms with Gasteiger partial charge in [-0.15, -0.1) is 24.0 Å². The third-order valence-corrected chi connectivity index (χ3v) is 4.48. The third kappa shape index (κ3) is 11.2. The lowest BCUT2D eigenvalue weighted by Crippen LogP contribution is -2.39. The molecule has 0 radical (unpaired) electrons. The molecule has 1 aromatic heterocycles. The summed E-state index contributed by atoms with van der Waals surface area (Å²) >= 11 is 0. The summed E-state index contributed by atoms with van der Waals surface area (Å²) in [6.45, 7) is 11.7. The molecule has 0 saturated carbocycles. The third-order valence-electron chi connectivity index (χ3n) is 4.48. The lowest BCUT2D eigenvalue weighted by atomic mass is 10.1. The van der Waals surface area contributed by atoms with Gasteiger partial charge in [-0.25, -0.2) is 0 Å². The van der Waals surface area contributed by atoms with Crippen molar-refractivity contribution in [3.8, 4) is 0 Å². The van der Waals surface area contributed by atoms with Crippen molar-refractivity contribution < 1.29 is 9.53 Å². The van der Waals surface area contributed by atoms with Gasteiger partial charge in [-0.05, 0) is 39.5 Å². The number of hydrogen-bond donors (Lipinski definition) is 1. The van der Waals surface area contributed by atoms with Crippen LogP contribution in [0.1, 0.15) is 83.9 Å². The SMILES string of the molecule is CN=C(NCCCCCCC(=O)OC(C)(C)C)N(C)Cc1cn(C)nc1C(C)C.I. The van der Waals surface area contributed by atoms with Crippen LogP contribution in [0.25, 0.3) is 0 Å². The highest BCUT2D eigenvalue weighted by Crippen LogP contribution is 2.18. The first kappa shape index (κ1) is 28.7. The molecular weight excluding hydrogens is 493 g/mol. The molecular formula is C22H42IN5O2. The number of ether oxygens (including phenoxy) is 1. The van der Waals surface area contributed by atoms with E-state index in [0.717, 1.165) is 50.4 Å². The first-order chi connectivity index (χ1) is 13.5. The fourth-order valence-corrected chi connectivity index (χ4v) is 3.22.